The number of carbonyl (C=O) groups excluding carboxylic acids is 1. The van der Waals surface area contributed by atoms with E-state index in [0.29, 0.717) is 10.0 Å². The van der Waals surface area contributed by atoms with Crippen molar-refractivity contribution >= 4 is 23.2 Å². The zero-order valence-corrected chi connectivity index (χ0v) is 13.3. The minimum Gasteiger partial charge on any atom is -0.365 e. The average Bonchev–Trinajstić information content (AvgIpc) is 2.95. The molecule has 25 heavy (non-hydrogen) atoms. The van der Waals surface area contributed by atoms with E-state index in [4.69, 9.17) is 11.6 Å². The number of aliphatic hydroxyl groups is 1. The highest BCUT2D eigenvalue weighted by Gasteiger charge is 2.53. The number of hydrogen-bond acceptors (Lipinski definition) is 4. The third-order valence-corrected chi connectivity index (χ3v) is 3.99. The molecule has 2 aromatic rings. The monoisotopic (exact) mass is 369 g/mol. The van der Waals surface area contributed by atoms with Gasteiger partial charge in [0.05, 0.1) is 6.42 Å². The molecule has 1 aliphatic rings. The first kappa shape index (κ1) is 17.4. The zero-order chi connectivity index (χ0) is 18.2. The van der Waals surface area contributed by atoms with Crippen LogP contribution in [0.3, 0.4) is 0 Å². The first-order valence-electron chi connectivity index (χ1n) is 7.09. The number of hydrazone groups is 1. The van der Waals surface area contributed by atoms with E-state index in [2.05, 4.69) is 10.1 Å². The van der Waals surface area contributed by atoms with Gasteiger partial charge in [-0.1, -0.05) is 11.6 Å². The molecule has 1 N–H and O–H groups in total. The van der Waals surface area contributed by atoms with Gasteiger partial charge in [0.25, 0.3) is 5.91 Å². The molecule has 0 saturated carbocycles. The standard InChI is InChI=1S/C16H11ClF3N3O2/c17-12-3-1-10(2-4-12)14(24)23-15(25,11-5-7-21-8-6-11)9-13(22-23)16(18,19)20/h1-8,25H,9H2. The summed E-state index contributed by atoms with van der Waals surface area (Å²) < 4.78 is 39.3. The highest BCUT2D eigenvalue weighted by atomic mass is 35.5. The van der Waals surface area contributed by atoms with Crippen LogP contribution in [0.1, 0.15) is 22.3 Å². The van der Waals surface area contributed by atoms with Gasteiger partial charge in [0, 0.05) is 28.5 Å². The lowest BCUT2D eigenvalue weighted by molar-refractivity contribution is -0.0816. The molecule has 3 rings (SSSR count). The fourth-order valence-corrected chi connectivity index (χ4v) is 2.60. The van der Waals surface area contributed by atoms with Crippen molar-refractivity contribution in [1.29, 1.82) is 0 Å². The van der Waals surface area contributed by atoms with Gasteiger partial charge in [0.1, 0.15) is 5.71 Å². The van der Waals surface area contributed by atoms with Gasteiger partial charge < -0.3 is 5.11 Å². The molecule has 5 nitrogen and oxygen atoms in total. The van der Waals surface area contributed by atoms with E-state index in [9.17, 15) is 23.1 Å². The van der Waals surface area contributed by atoms with E-state index >= 15 is 0 Å². The maximum absolute atomic E-state index is 13.1. The molecule has 130 valence electrons. The normalized spacial score (nSPS) is 20.5. The van der Waals surface area contributed by atoms with Crippen LogP contribution in [0.5, 0.6) is 0 Å². The van der Waals surface area contributed by atoms with Crippen LogP contribution < -0.4 is 0 Å². The summed E-state index contributed by atoms with van der Waals surface area (Å²) in [5, 5.41) is 15.1. The summed E-state index contributed by atoms with van der Waals surface area (Å²) >= 11 is 5.75. The summed E-state index contributed by atoms with van der Waals surface area (Å²) in [7, 11) is 0. The molecule has 1 aromatic carbocycles. The van der Waals surface area contributed by atoms with E-state index < -0.39 is 29.9 Å². The minimum absolute atomic E-state index is 0.0454. The Balaban J connectivity index is 2.06. The Labute approximate surface area is 145 Å². The second-order valence-corrected chi connectivity index (χ2v) is 5.83. The molecule has 9 heteroatoms. The van der Waals surface area contributed by atoms with Gasteiger partial charge in [-0.2, -0.15) is 23.3 Å². The molecule has 0 spiro atoms. The number of amides is 1. The molecule has 1 aliphatic heterocycles. The minimum atomic E-state index is -4.77. The number of nitrogens with zero attached hydrogens (tertiary/aromatic N) is 3. The summed E-state index contributed by atoms with van der Waals surface area (Å²) in [5.41, 5.74) is -3.38. The number of pyridine rings is 1. The van der Waals surface area contributed by atoms with Crippen LogP contribution in [0.25, 0.3) is 0 Å². The summed E-state index contributed by atoms with van der Waals surface area (Å²) in [4.78, 5) is 16.4. The summed E-state index contributed by atoms with van der Waals surface area (Å²) in [6, 6.07) is 8.20. The van der Waals surface area contributed by atoms with Crippen LogP contribution in [0.2, 0.25) is 5.02 Å². The topological polar surface area (TPSA) is 65.8 Å². The van der Waals surface area contributed by atoms with E-state index in [1.165, 1.54) is 48.8 Å². The smallest absolute Gasteiger partial charge is 0.365 e. The molecule has 0 aliphatic carbocycles. The second-order valence-electron chi connectivity index (χ2n) is 5.40. The first-order chi connectivity index (χ1) is 11.7. The number of rotatable bonds is 2. The lowest BCUT2D eigenvalue weighted by Crippen LogP contribution is -2.43. The molecular formula is C16H11ClF3N3O2. The Morgan fingerprint density at radius 2 is 1.76 bits per heavy atom. The molecule has 1 amide bonds. The summed E-state index contributed by atoms with van der Waals surface area (Å²) in [5.74, 6) is -0.879. The lowest BCUT2D eigenvalue weighted by atomic mass is 9.97. The highest BCUT2D eigenvalue weighted by molar-refractivity contribution is 6.30. The van der Waals surface area contributed by atoms with Crippen LogP contribution in [0, 0.1) is 0 Å². The number of benzene rings is 1. The van der Waals surface area contributed by atoms with Gasteiger partial charge in [-0.25, -0.2) is 0 Å². The van der Waals surface area contributed by atoms with E-state index in [1.807, 2.05) is 0 Å². The largest absolute Gasteiger partial charge is 0.431 e. The third-order valence-electron chi connectivity index (χ3n) is 3.74. The van der Waals surface area contributed by atoms with Crippen LogP contribution in [-0.2, 0) is 5.72 Å². The summed E-state index contributed by atoms with van der Waals surface area (Å²) in [6.07, 6.45) is -3.02. The van der Waals surface area contributed by atoms with Gasteiger partial charge in [0.15, 0.2) is 5.72 Å². The average molecular weight is 370 g/mol. The molecule has 1 atom stereocenters. The van der Waals surface area contributed by atoms with Crippen molar-refractivity contribution in [2.75, 3.05) is 0 Å². The Morgan fingerprint density at radius 1 is 1.16 bits per heavy atom. The zero-order valence-electron chi connectivity index (χ0n) is 12.5. The Bertz CT molecular complexity index is 825. The Hall–Kier alpha value is -2.45. The molecule has 0 bridgehead atoms. The maximum atomic E-state index is 13.1. The quantitative estimate of drug-likeness (QED) is 0.883. The van der Waals surface area contributed by atoms with Crippen LogP contribution >= 0.6 is 11.6 Å². The van der Waals surface area contributed by atoms with Gasteiger partial charge in [-0.3, -0.25) is 9.78 Å². The van der Waals surface area contributed by atoms with Crippen LogP contribution in [0.4, 0.5) is 13.2 Å². The van der Waals surface area contributed by atoms with E-state index in [-0.39, 0.29) is 11.1 Å². The fourth-order valence-electron chi connectivity index (χ4n) is 2.48. The van der Waals surface area contributed by atoms with Crippen LogP contribution in [-0.4, -0.2) is 32.9 Å². The van der Waals surface area contributed by atoms with Crippen molar-refractivity contribution in [3.8, 4) is 0 Å². The highest BCUT2D eigenvalue weighted by Crippen LogP contribution is 2.40. The molecule has 0 radical (unpaired) electrons. The fraction of sp³-hybridized carbons (Fsp3) is 0.188. The van der Waals surface area contributed by atoms with Crippen molar-refractivity contribution in [3.63, 3.8) is 0 Å². The third kappa shape index (κ3) is 3.22. The van der Waals surface area contributed by atoms with E-state index in [0.717, 1.165) is 0 Å². The van der Waals surface area contributed by atoms with Crippen molar-refractivity contribution in [1.82, 2.24) is 9.99 Å². The number of hydrogen-bond donors (Lipinski definition) is 1. The Morgan fingerprint density at radius 3 is 2.32 bits per heavy atom. The summed E-state index contributed by atoms with van der Waals surface area (Å²) in [6.45, 7) is 0. The number of carbonyl (C=O) groups is 1. The molecule has 0 saturated heterocycles. The molecule has 2 heterocycles. The van der Waals surface area contributed by atoms with Gasteiger partial charge in [-0.05, 0) is 36.4 Å². The van der Waals surface area contributed by atoms with Crippen molar-refractivity contribution in [3.05, 3.63) is 64.9 Å². The second kappa shape index (κ2) is 6.12. The lowest BCUT2D eigenvalue weighted by Gasteiger charge is -2.31. The van der Waals surface area contributed by atoms with Crippen molar-refractivity contribution < 1.29 is 23.1 Å². The van der Waals surface area contributed by atoms with Crippen molar-refractivity contribution in [2.45, 2.75) is 18.3 Å². The molecule has 1 unspecified atom stereocenters. The molecule has 1 aromatic heterocycles. The van der Waals surface area contributed by atoms with Gasteiger partial charge >= 0.3 is 6.18 Å². The van der Waals surface area contributed by atoms with E-state index in [1.54, 1.807) is 0 Å². The number of halogens is 4. The first-order valence-corrected chi connectivity index (χ1v) is 7.47. The SMILES string of the molecule is O=C(c1ccc(Cl)cc1)N1N=C(C(F)(F)F)CC1(O)c1ccncc1. The predicted octanol–water partition coefficient (Wildman–Crippen LogP) is 3.34. The predicted molar refractivity (Wildman–Crippen MR) is 83.9 cm³/mol. The number of alkyl halides is 3. The van der Waals surface area contributed by atoms with Gasteiger partial charge in [-0.15, -0.1) is 0 Å². The molecular weight excluding hydrogens is 359 g/mol. The Kier molecular flexibility index (Phi) is 4.26. The maximum Gasteiger partial charge on any atom is 0.431 e. The number of aromatic nitrogens is 1. The van der Waals surface area contributed by atoms with Gasteiger partial charge in [0.2, 0.25) is 0 Å². The molecule has 0 fully saturated rings. The van der Waals surface area contributed by atoms with Crippen molar-refractivity contribution in [2.24, 2.45) is 5.10 Å². The van der Waals surface area contributed by atoms with Crippen LogP contribution in [0.15, 0.2) is 53.9 Å².